The number of carbonyl (C=O) groups is 2. The van der Waals surface area contributed by atoms with Crippen molar-refractivity contribution in [1.29, 1.82) is 0 Å². The third-order valence-corrected chi connectivity index (χ3v) is 10.7. The van der Waals surface area contributed by atoms with Gasteiger partial charge in [-0.05, 0) is 77.8 Å². The summed E-state index contributed by atoms with van der Waals surface area (Å²) in [5.74, 6) is 1.40. The number of nitrogens with zero attached hydrogens (tertiary/aromatic N) is 3. The third-order valence-electron chi connectivity index (χ3n) is 10.7. The van der Waals surface area contributed by atoms with Crippen LogP contribution in [0, 0.1) is 6.92 Å². The maximum absolute atomic E-state index is 12.8. The van der Waals surface area contributed by atoms with E-state index in [2.05, 4.69) is 35.8 Å². The van der Waals surface area contributed by atoms with Gasteiger partial charge in [-0.25, -0.2) is 0 Å². The fraction of sp³-hybridized carbons (Fsp3) is 0.913. The number of aryl methyl sites for hydroxylation is 1. The molecule has 0 aliphatic heterocycles. The van der Waals surface area contributed by atoms with Gasteiger partial charge in [0.05, 0.1) is 6.61 Å². The summed E-state index contributed by atoms with van der Waals surface area (Å²) in [4.78, 5) is 31.8. The summed E-state index contributed by atoms with van der Waals surface area (Å²) in [6.45, 7) is 12.3. The quantitative estimate of drug-likeness (QED) is 0.0481. The zero-order valence-corrected chi connectivity index (χ0v) is 36.1. The van der Waals surface area contributed by atoms with Crippen LogP contribution in [0.4, 0.5) is 0 Å². The van der Waals surface area contributed by atoms with Crippen LogP contribution in [0.25, 0.3) is 0 Å². The molecular weight excluding hydrogens is 675 g/mol. The molecule has 1 heterocycles. The van der Waals surface area contributed by atoms with E-state index in [-0.39, 0.29) is 18.0 Å². The minimum absolute atomic E-state index is 0.0145. The van der Waals surface area contributed by atoms with E-state index in [0.29, 0.717) is 31.2 Å². The zero-order valence-electron chi connectivity index (χ0n) is 36.1. The smallest absolute Gasteiger partial charge is 0.306 e. The topological polar surface area (TPSA) is 94.8 Å². The number of ether oxygens (including phenoxy) is 2. The first kappa shape index (κ1) is 50.1. The van der Waals surface area contributed by atoms with Gasteiger partial charge in [-0.15, -0.1) is 0 Å². The lowest BCUT2D eigenvalue weighted by molar-refractivity contribution is -0.150. The fourth-order valence-electron chi connectivity index (χ4n) is 7.25. The zero-order chi connectivity index (χ0) is 39.2. The maximum atomic E-state index is 12.8. The van der Waals surface area contributed by atoms with Crippen molar-refractivity contribution in [3.8, 4) is 0 Å². The molecule has 0 saturated carbocycles. The molecule has 0 aliphatic rings. The molecule has 1 atom stereocenters. The summed E-state index contributed by atoms with van der Waals surface area (Å²) in [7, 11) is 0. The minimum Gasteiger partial charge on any atom is -0.466 e. The van der Waals surface area contributed by atoms with E-state index in [1.165, 1.54) is 122 Å². The van der Waals surface area contributed by atoms with Gasteiger partial charge in [0, 0.05) is 25.8 Å². The summed E-state index contributed by atoms with van der Waals surface area (Å²) in [5.41, 5.74) is 0. The number of aromatic nitrogens is 2. The van der Waals surface area contributed by atoms with Gasteiger partial charge >= 0.3 is 11.9 Å². The van der Waals surface area contributed by atoms with Crippen LogP contribution in [0.15, 0.2) is 4.52 Å². The monoisotopic (exact) mass is 762 g/mol. The SMILES string of the molecule is CCCCCCCCCOC(=O)CCCCCCCN(CCCCCCCC(=O)OC(CCCCCCC)CCCCCCCC)CCc1nc(C)no1. The van der Waals surface area contributed by atoms with Crippen LogP contribution in [-0.2, 0) is 25.5 Å². The molecular formula is C46H87N3O5. The minimum atomic E-state index is -0.0284. The highest BCUT2D eigenvalue weighted by atomic mass is 16.5. The second-order valence-electron chi connectivity index (χ2n) is 16.1. The molecule has 1 unspecified atom stereocenters. The second-order valence-corrected chi connectivity index (χ2v) is 16.1. The Kier molecular flexibility index (Phi) is 35.2. The molecule has 316 valence electrons. The van der Waals surface area contributed by atoms with Gasteiger partial charge in [0.15, 0.2) is 5.82 Å². The maximum Gasteiger partial charge on any atom is 0.306 e. The molecule has 1 rings (SSSR count). The predicted octanol–water partition coefficient (Wildman–Crippen LogP) is 13.2. The van der Waals surface area contributed by atoms with Crippen molar-refractivity contribution in [3.05, 3.63) is 11.7 Å². The highest BCUT2D eigenvalue weighted by molar-refractivity contribution is 5.69. The molecule has 1 aromatic heterocycles. The highest BCUT2D eigenvalue weighted by Gasteiger charge is 2.15. The number of esters is 2. The van der Waals surface area contributed by atoms with Gasteiger partial charge in [-0.3, -0.25) is 9.59 Å². The van der Waals surface area contributed by atoms with E-state index in [1.807, 2.05) is 6.92 Å². The van der Waals surface area contributed by atoms with E-state index in [4.69, 9.17) is 14.0 Å². The van der Waals surface area contributed by atoms with Crippen LogP contribution in [0.2, 0.25) is 0 Å². The Hall–Kier alpha value is -1.96. The van der Waals surface area contributed by atoms with E-state index in [1.54, 1.807) is 0 Å². The number of carbonyl (C=O) groups excluding carboxylic acids is 2. The van der Waals surface area contributed by atoms with Crippen LogP contribution in [0.3, 0.4) is 0 Å². The first-order valence-electron chi connectivity index (χ1n) is 23.3. The summed E-state index contributed by atoms with van der Waals surface area (Å²) in [6, 6.07) is 0. The van der Waals surface area contributed by atoms with Crippen molar-refractivity contribution in [2.75, 3.05) is 26.2 Å². The van der Waals surface area contributed by atoms with Gasteiger partial charge in [0.1, 0.15) is 6.10 Å². The molecule has 0 radical (unpaired) electrons. The highest BCUT2D eigenvalue weighted by Crippen LogP contribution is 2.18. The summed E-state index contributed by atoms with van der Waals surface area (Å²) >= 11 is 0. The molecule has 0 amide bonds. The normalized spacial score (nSPS) is 12.1. The Morgan fingerprint density at radius 3 is 1.50 bits per heavy atom. The van der Waals surface area contributed by atoms with E-state index in [0.717, 1.165) is 96.7 Å². The van der Waals surface area contributed by atoms with E-state index in [9.17, 15) is 9.59 Å². The molecule has 0 spiro atoms. The standard InChI is InChI=1S/C46H87N3O5/c1-5-8-11-14-16-25-32-41-52-45(50)35-28-21-17-23-30-38-49(40-37-44-47-42(4)48-54-44)39-31-24-18-22-29-36-46(51)53-43(33-26-19-13-10-7-3)34-27-20-15-12-9-6-2/h43H,5-41H2,1-4H3. The first-order valence-corrected chi connectivity index (χ1v) is 23.3. The summed E-state index contributed by atoms with van der Waals surface area (Å²) < 4.78 is 16.9. The van der Waals surface area contributed by atoms with Gasteiger partial charge in [-0.1, -0.05) is 161 Å². The molecule has 0 aromatic carbocycles. The average molecular weight is 762 g/mol. The predicted molar refractivity (Wildman–Crippen MR) is 225 cm³/mol. The lowest BCUT2D eigenvalue weighted by Gasteiger charge is -2.21. The van der Waals surface area contributed by atoms with E-state index >= 15 is 0 Å². The van der Waals surface area contributed by atoms with Gasteiger partial charge in [0.2, 0.25) is 5.89 Å². The molecule has 8 nitrogen and oxygen atoms in total. The van der Waals surface area contributed by atoms with Gasteiger partial charge in [-0.2, -0.15) is 4.98 Å². The Balaban J connectivity index is 2.25. The van der Waals surface area contributed by atoms with Crippen LogP contribution in [0.1, 0.15) is 238 Å². The third kappa shape index (κ3) is 32.3. The van der Waals surface area contributed by atoms with Crippen molar-refractivity contribution in [2.24, 2.45) is 0 Å². The first-order chi connectivity index (χ1) is 26.5. The molecule has 0 bridgehead atoms. The number of rotatable bonds is 41. The Morgan fingerprint density at radius 2 is 1.00 bits per heavy atom. The number of hydrogen-bond acceptors (Lipinski definition) is 8. The lowest BCUT2D eigenvalue weighted by atomic mass is 10.0. The van der Waals surface area contributed by atoms with Crippen molar-refractivity contribution >= 4 is 11.9 Å². The number of unbranched alkanes of at least 4 members (excludes halogenated alkanes) is 23. The Labute approximate surface area is 333 Å². The summed E-state index contributed by atoms with van der Waals surface area (Å²) in [5, 5.41) is 3.96. The molecule has 0 aliphatic carbocycles. The molecule has 8 heteroatoms. The molecule has 54 heavy (non-hydrogen) atoms. The largest absolute Gasteiger partial charge is 0.466 e. The average Bonchev–Trinajstić information content (AvgIpc) is 3.59. The Bertz CT molecular complexity index is 970. The Morgan fingerprint density at radius 1 is 0.556 bits per heavy atom. The summed E-state index contributed by atoms with van der Waals surface area (Å²) in [6.07, 6.45) is 37.7. The van der Waals surface area contributed by atoms with Crippen LogP contribution >= 0.6 is 0 Å². The molecule has 0 N–H and O–H groups in total. The lowest BCUT2D eigenvalue weighted by Crippen LogP contribution is -2.28. The van der Waals surface area contributed by atoms with Crippen molar-refractivity contribution < 1.29 is 23.6 Å². The molecule has 0 saturated heterocycles. The van der Waals surface area contributed by atoms with Crippen molar-refractivity contribution in [3.63, 3.8) is 0 Å². The fourth-order valence-corrected chi connectivity index (χ4v) is 7.25. The van der Waals surface area contributed by atoms with Crippen molar-refractivity contribution in [2.45, 2.75) is 246 Å². The molecule has 1 aromatic rings. The van der Waals surface area contributed by atoms with Crippen LogP contribution in [0.5, 0.6) is 0 Å². The number of hydrogen-bond donors (Lipinski definition) is 0. The van der Waals surface area contributed by atoms with E-state index < -0.39 is 0 Å². The van der Waals surface area contributed by atoms with Crippen LogP contribution < -0.4 is 0 Å². The van der Waals surface area contributed by atoms with Gasteiger partial charge in [0.25, 0.3) is 0 Å². The van der Waals surface area contributed by atoms with Crippen LogP contribution in [-0.4, -0.2) is 59.3 Å². The second kappa shape index (κ2) is 37.9. The molecule has 0 fully saturated rings. The van der Waals surface area contributed by atoms with Crippen molar-refractivity contribution in [1.82, 2.24) is 15.0 Å². The van der Waals surface area contributed by atoms with Gasteiger partial charge < -0.3 is 18.9 Å².